The van der Waals surface area contributed by atoms with E-state index in [9.17, 15) is 18.0 Å². The van der Waals surface area contributed by atoms with Gasteiger partial charge in [0.1, 0.15) is 5.82 Å². The molecule has 4 rings (SSSR count). The molecule has 35 heavy (non-hydrogen) atoms. The van der Waals surface area contributed by atoms with Gasteiger partial charge in [-0.3, -0.25) is 10.4 Å². The van der Waals surface area contributed by atoms with Crippen molar-refractivity contribution in [2.75, 3.05) is 24.7 Å². The van der Waals surface area contributed by atoms with Crippen molar-refractivity contribution in [2.24, 2.45) is 0 Å². The molecular weight excluding hydrogens is 459 g/mol. The highest BCUT2D eigenvalue weighted by Gasteiger charge is 2.33. The first kappa shape index (κ1) is 23.7. The van der Waals surface area contributed by atoms with E-state index in [1.807, 2.05) is 6.07 Å². The summed E-state index contributed by atoms with van der Waals surface area (Å²) in [7, 11) is 3.36. The minimum atomic E-state index is -4.55. The summed E-state index contributed by atoms with van der Waals surface area (Å²) in [5.41, 5.74) is 1.24. The van der Waals surface area contributed by atoms with E-state index in [1.54, 1.807) is 43.5 Å². The number of fused-ring (bicyclic) bond motifs is 1. The van der Waals surface area contributed by atoms with Crippen LogP contribution < -0.4 is 10.6 Å². The minimum absolute atomic E-state index is 0.00964. The van der Waals surface area contributed by atoms with Crippen LogP contribution in [-0.2, 0) is 12.7 Å². The van der Waals surface area contributed by atoms with Crippen molar-refractivity contribution in [1.29, 1.82) is 0 Å². The molecule has 0 aliphatic heterocycles. The standard InChI is InChI=1S/C24H20F3N7O/c1-34(2)14-17-5-6-19(11-20(17)24(25,26)27)31-23(35)32-21-10-15(7-8-28-21)3-4-16-9-18-13-30-33-22(18)29-12-16/h5-13H,14H2,1-2H3,(H,29,30,33)(H2,28,31,32,35). The van der Waals surface area contributed by atoms with Gasteiger partial charge in [-0.15, -0.1) is 0 Å². The van der Waals surface area contributed by atoms with E-state index in [2.05, 4.69) is 42.6 Å². The van der Waals surface area contributed by atoms with E-state index in [4.69, 9.17) is 0 Å². The van der Waals surface area contributed by atoms with Crippen LogP contribution in [0.1, 0.15) is 22.3 Å². The first-order valence-corrected chi connectivity index (χ1v) is 10.4. The number of alkyl halides is 3. The summed E-state index contributed by atoms with van der Waals surface area (Å²) in [5.74, 6) is 6.14. The highest BCUT2D eigenvalue weighted by Crippen LogP contribution is 2.34. The van der Waals surface area contributed by atoms with E-state index in [0.29, 0.717) is 16.8 Å². The van der Waals surface area contributed by atoms with Crippen molar-refractivity contribution in [3.8, 4) is 11.8 Å². The Bertz CT molecular complexity index is 1430. The van der Waals surface area contributed by atoms with Crippen molar-refractivity contribution in [3.05, 3.63) is 77.2 Å². The molecule has 11 heteroatoms. The van der Waals surface area contributed by atoms with Crippen molar-refractivity contribution in [2.45, 2.75) is 12.7 Å². The number of hydrogen-bond acceptors (Lipinski definition) is 5. The maximum absolute atomic E-state index is 13.5. The average molecular weight is 479 g/mol. The number of amides is 2. The Hall–Kier alpha value is -4.43. The Kier molecular flexibility index (Phi) is 6.66. The number of hydrogen-bond donors (Lipinski definition) is 3. The summed E-state index contributed by atoms with van der Waals surface area (Å²) in [6, 6.07) is 8.02. The molecule has 0 spiro atoms. The number of nitrogens with one attached hydrogen (secondary N) is 3. The molecule has 0 aliphatic rings. The highest BCUT2D eigenvalue weighted by atomic mass is 19.4. The zero-order valence-electron chi connectivity index (χ0n) is 18.7. The molecule has 4 aromatic rings. The second-order valence-electron chi connectivity index (χ2n) is 7.90. The monoisotopic (exact) mass is 479 g/mol. The number of aromatic amines is 1. The zero-order valence-corrected chi connectivity index (χ0v) is 18.7. The lowest BCUT2D eigenvalue weighted by molar-refractivity contribution is -0.138. The molecule has 3 N–H and O–H groups in total. The van der Waals surface area contributed by atoms with E-state index >= 15 is 0 Å². The number of nitrogens with zero attached hydrogens (tertiary/aromatic N) is 4. The first-order valence-electron chi connectivity index (χ1n) is 10.4. The van der Waals surface area contributed by atoms with Crippen LogP contribution in [0.2, 0.25) is 0 Å². The normalized spacial score (nSPS) is 11.3. The van der Waals surface area contributed by atoms with Crippen LogP contribution in [0.25, 0.3) is 11.0 Å². The van der Waals surface area contributed by atoms with Gasteiger partial charge in [0.15, 0.2) is 5.65 Å². The Morgan fingerprint density at radius 3 is 2.60 bits per heavy atom. The number of pyridine rings is 2. The summed E-state index contributed by atoms with van der Waals surface area (Å²) in [5, 5.41) is 12.4. The van der Waals surface area contributed by atoms with Crippen LogP contribution in [-0.4, -0.2) is 45.2 Å². The third-order valence-corrected chi connectivity index (χ3v) is 4.80. The van der Waals surface area contributed by atoms with Crippen molar-refractivity contribution < 1.29 is 18.0 Å². The van der Waals surface area contributed by atoms with E-state index in [1.165, 1.54) is 18.3 Å². The summed E-state index contributed by atoms with van der Waals surface area (Å²) in [4.78, 5) is 22.3. The fourth-order valence-electron chi connectivity index (χ4n) is 3.30. The summed E-state index contributed by atoms with van der Waals surface area (Å²) >= 11 is 0. The number of rotatable bonds is 4. The fourth-order valence-corrected chi connectivity index (χ4v) is 3.30. The molecule has 0 saturated carbocycles. The van der Waals surface area contributed by atoms with Gasteiger partial charge in [0, 0.05) is 41.1 Å². The van der Waals surface area contributed by atoms with Gasteiger partial charge in [-0.2, -0.15) is 18.3 Å². The van der Waals surface area contributed by atoms with E-state index in [-0.39, 0.29) is 23.6 Å². The largest absolute Gasteiger partial charge is 0.416 e. The van der Waals surface area contributed by atoms with Gasteiger partial charge in [0.25, 0.3) is 0 Å². The van der Waals surface area contributed by atoms with Gasteiger partial charge in [0.05, 0.1) is 11.8 Å². The molecule has 0 unspecified atom stereocenters. The predicted molar refractivity (Wildman–Crippen MR) is 126 cm³/mol. The SMILES string of the molecule is CN(C)Cc1ccc(NC(=O)Nc2cc(C#Cc3cnc4[nH]ncc4c3)ccn2)cc1C(F)(F)F. The predicted octanol–water partition coefficient (Wildman–Crippen LogP) is 4.48. The number of anilines is 2. The molecule has 178 valence electrons. The Labute approximate surface area is 198 Å². The van der Waals surface area contributed by atoms with Gasteiger partial charge in [0.2, 0.25) is 0 Å². The number of carbonyl (C=O) groups excluding carboxylic acids is 1. The number of urea groups is 1. The van der Waals surface area contributed by atoms with Crippen LogP contribution in [0.5, 0.6) is 0 Å². The van der Waals surface area contributed by atoms with Crippen molar-refractivity contribution in [1.82, 2.24) is 25.1 Å². The number of aromatic nitrogens is 4. The molecule has 0 aliphatic carbocycles. The number of carbonyl (C=O) groups is 1. The lowest BCUT2D eigenvalue weighted by atomic mass is 10.1. The molecule has 0 bridgehead atoms. The topological polar surface area (TPSA) is 98.8 Å². The molecule has 2 amide bonds. The molecule has 0 radical (unpaired) electrons. The Balaban J connectivity index is 1.46. The third kappa shape index (κ3) is 6.13. The number of halogens is 3. The maximum atomic E-state index is 13.5. The zero-order chi connectivity index (χ0) is 25.0. The van der Waals surface area contributed by atoms with Gasteiger partial charge < -0.3 is 10.2 Å². The molecule has 1 aromatic carbocycles. The third-order valence-electron chi connectivity index (χ3n) is 4.80. The second kappa shape index (κ2) is 9.82. The maximum Gasteiger partial charge on any atom is 0.416 e. The highest BCUT2D eigenvalue weighted by molar-refractivity contribution is 5.99. The Morgan fingerprint density at radius 2 is 1.83 bits per heavy atom. The average Bonchev–Trinajstić information content (AvgIpc) is 3.26. The molecule has 0 saturated heterocycles. The quantitative estimate of drug-likeness (QED) is 0.375. The Morgan fingerprint density at radius 1 is 1.03 bits per heavy atom. The van der Waals surface area contributed by atoms with Crippen LogP contribution in [0.4, 0.5) is 29.5 Å². The number of H-pyrrole nitrogens is 1. The second-order valence-corrected chi connectivity index (χ2v) is 7.90. The molecule has 3 aromatic heterocycles. The molecule has 8 nitrogen and oxygen atoms in total. The molecular formula is C24H20F3N7O. The molecule has 0 fully saturated rings. The van der Waals surface area contributed by atoms with Gasteiger partial charge in [-0.25, -0.2) is 14.8 Å². The smallest absolute Gasteiger partial charge is 0.308 e. The van der Waals surface area contributed by atoms with Crippen LogP contribution in [0, 0.1) is 11.8 Å². The summed E-state index contributed by atoms with van der Waals surface area (Å²) in [6.07, 6.45) is 0.176. The van der Waals surface area contributed by atoms with Crippen LogP contribution >= 0.6 is 0 Å². The van der Waals surface area contributed by atoms with Crippen LogP contribution in [0.15, 0.2) is 55.0 Å². The van der Waals surface area contributed by atoms with Gasteiger partial charge in [-0.1, -0.05) is 17.9 Å². The number of benzene rings is 1. The lowest BCUT2D eigenvalue weighted by Gasteiger charge is -2.18. The van der Waals surface area contributed by atoms with Crippen molar-refractivity contribution >= 4 is 28.6 Å². The lowest BCUT2D eigenvalue weighted by Crippen LogP contribution is -2.21. The molecule has 0 atom stereocenters. The van der Waals surface area contributed by atoms with Gasteiger partial charge >= 0.3 is 12.2 Å². The summed E-state index contributed by atoms with van der Waals surface area (Å²) in [6.45, 7) is 0.116. The van der Waals surface area contributed by atoms with E-state index in [0.717, 1.165) is 11.5 Å². The fraction of sp³-hybridized carbons (Fsp3) is 0.167. The minimum Gasteiger partial charge on any atom is -0.308 e. The molecule has 3 heterocycles. The van der Waals surface area contributed by atoms with E-state index < -0.39 is 17.8 Å². The van der Waals surface area contributed by atoms with Gasteiger partial charge in [-0.05, 0) is 50.0 Å². The van der Waals surface area contributed by atoms with Crippen LogP contribution in [0.3, 0.4) is 0 Å². The van der Waals surface area contributed by atoms with Crippen molar-refractivity contribution in [3.63, 3.8) is 0 Å². The summed E-state index contributed by atoms with van der Waals surface area (Å²) < 4.78 is 40.5. The first-order chi connectivity index (χ1) is 16.7.